The van der Waals surface area contributed by atoms with Crippen molar-refractivity contribution in [1.29, 1.82) is 0 Å². The fraction of sp³-hybridized carbons (Fsp3) is 0.571. The summed E-state index contributed by atoms with van der Waals surface area (Å²) in [5, 5.41) is 12.5. The number of benzene rings is 2. The molecule has 266 valence electrons. The highest BCUT2D eigenvalue weighted by molar-refractivity contribution is 6.32. The number of anilines is 1. The van der Waals surface area contributed by atoms with Gasteiger partial charge in [-0.1, -0.05) is 29.8 Å². The van der Waals surface area contributed by atoms with Crippen molar-refractivity contribution in [1.82, 2.24) is 19.6 Å². The number of phenols is 1. The average Bonchev–Trinajstić information content (AvgIpc) is 3.27. The van der Waals surface area contributed by atoms with Gasteiger partial charge >= 0.3 is 12.2 Å². The molecular formula is C35H43ClF3N5O5. The van der Waals surface area contributed by atoms with Crippen molar-refractivity contribution in [3.63, 3.8) is 0 Å². The first-order chi connectivity index (χ1) is 23.5. The van der Waals surface area contributed by atoms with E-state index in [2.05, 4.69) is 10.2 Å². The average molecular weight is 706 g/mol. The van der Waals surface area contributed by atoms with Crippen molar-refractivity contribution in [3.05, 3.63) is 58.1 Å². The van der Waals surface area contributed by atoms with Gasteiger partial charge in [0.1, 0.15) is 5.75 Å². The first-order valence-electron chi connectivity index (χ1n) is 17.1. The van der Waals surface area contributed by atoms with Crippen LogP contribution in [0.15, 0.2) is 36.4 Å². The van der Waals surface area contributed by atoms with Gasteiger partial charge in [0.05, 0.1) is 23.1 Å². The van der Waals surface area contributed by atoms with Crippen molar-refractivity contribution in [3.8, 4) is 5.75 Å². The SMILES string of the molecule is O=C(C[C@H](Cc1cc(Cl)c(O)c(C(F)(F)F)c1)C(=O)N1CCN(C2CCCOC2)CC1)N1CCC(N2CCc3ccccc3NC2=O)CC1. The number of hydrogen-bond donors (Lipinski definition) is 2. The minimum absolute atomic E-state index is 0.0541. The monoisotopic (exact) mass is 705 g/mol. The maximum Gasteiger partial charge on any atom is 0.420 e. The van der Waals surface area contributed by atoms with Crippen molar-refractivity contribution in [2.45, 2.75) is 63.2 Å². The normalized spacial score (nSPS) is 21.9. The molecule has 6 rings (SSSR count). The molecule has 3 saturated heterocycles. The van der Waals surface area contributed by atoms with Crippen LogP contribution in [-0.2, 0) is 33.3 Å². The molecule has 4 heterocycles. The number of amides is 4. The van der Waals surface area contributed by atoms with E-state index in [0.29, 0.717) is 71.3 Å². The highest BCUT2D eigenvalue weighted by Gasteiger charge is 2.38. The first-order valence-corrected chi connectivity index (χ1v) is 17.5. The van der Waals surface area contributed by atoms with Crippen LogP contribution in [0.5, 0.6) is 5.75 Å². The fourth-order valence-corrected chi connectivity index (χ4v) is 7.84. The third-order valence-corrected chi connectivity index (χ3v) is 10.6. The van der Waals surface area contributed by atoms with Crippen molar-refractivity contribution >= 4 is 35.1 Å². The molecule has 2 atom stereocenters. The smallest absolute Gasteiger partial charge is 0.420 e. The van der Waals surface area contributed by atoms with Crippen LogP contribution in [0.25, 0.3) is 0 Å². The molecule has 4 amide bonds. The lowest BCUT2D eigenvalue weighted by Gasteiger charge is -2.41. The molecule has 14 heteroatoms. The number of aromatic hydroxyl groups is 1. The summed E-state index contributed by atoms with van der Waals surface area (Å²) >= 11 is 6.01. The van der Waals surface area contributed by atoms with E-state index in [1.54, 1.807) is 9.80 Å². The van der Waals surface area contributed by atoms with E-state index < -0.39 is 28.4 Å². The molecule has 2 N–H and O–H groups in total. The third-order valence-electron chi connectivity index (χ3n) is 10.4. The second kappa shape index (κ2) is 15.1. The maximum absolute atomic E-state index is 14.0. The van der Waals surface area contributed by atoms with Gasteiger partial charge in [-0.25, -0.2) is 4.79 Å². The number of piperidine rings is 1. The number of carbonyl (C=O) groups excluding carboxylic acids is 3. The van der Waals surface area contributed by atoms with E-state index in [4.69, 9.17) is 16.3 Å². The Morgan fingerprint density at radius 2 is 1.71 bits per heavy atom. The summed E-state index contributed by atoms with van der Waals surface area (Å²) < 4.78 is 46.8. The summed E-state index contributed by atoms with van der Waals surface area (Å²) in [6, 6.07) is 9.83. The van der Waals surface area contributed by atoms with Crippen LogP contribution in [0, 0.1) is 5.92 Å². The Labute approximate surface area is 289 Å². The van der Waals surface area contributed by atoms with Crippen LogP contribution in [0.4, 0.5) is 23.7 Å². The Hall–Kier alpha value is -3.55. The largest absolute Gasteiger partial charge is 0.506 e. The van der Waals surface area contributed by atoms with Crippen molar-refractivity contribution in [2.75, 3.05) is 64.3 Å². The number of nitrogens with one attached hydrogen (secondary N) is 1. The van der Waals surface area contributed by atoms with Crippen LogP contribution in [0.3, 0.4) is 0 Å². The number of piperazine rings is 1. The zero-order valence-electron chi connectivity index (χ0n) is 27.4. The number of likely N-dealkylation sites (tertiary alicyclic amines) is 1. The van der Waals surface area contributed by atoms with E-state index in [1.165, 1.54) is 6.07 Å². The molecule has 4 aliphatic rings. The predicted molar refractivity (Wildman–Crippen MR) is 177 cm³/mol. The first kappa shape index (κ1) is 35.3. The molecule has 4 aliphatic heterocycles. The van der Waals surface area contributed by atoms with Gasteiger partial charge in [-0.05, 0) is 67.9 Å². The summed E-state index contributed by atoms with van der Waals surface area (Å²) in [5.41, 5.74) is 0.716. The molecule has 2 aromatic carbocycles. The summed E-state index contributed by atoms with van der Waals surface area (Å²) in [6.07, 6.45) is -1.30. The van der Waals surface area contributed by atoms with Gasteiger partial charge in [0.2, 0.25) is 11.8 Å². The van der Waals surface area contributed by atoms with E-state index in [0.717, 1.165) is 43.2 Å². The van der Waals surface area contributed by atoms with Gasteiger partial charge in [-0.2, -0.15) is 13.2 Å². The highest BCUT2D eigenvalue weighted by Crippen LogP contribution is 2.41. The van der Waals surface area contributed by atoms with E-state index in [9.17, 15) is 32.7 Å². The Morgan fingerprint density at radius 1 is 0.980 bits per heavy atom. The quantitative estimate of drug-likeness (QED) is 0.420. The predicted octanol–water partition coefficient (Wildman–Crippen LogP) is 5.02. The van der Waals surface area contributed by atoms with E-state index in [1.807, 2.05) is 29.2 Å². The highest BCUT2D eigenvalue weighted by atomic mass is 35.5. The van der Waals surface area contributed by atoms with E-state index in [-0.39, 0.29) is 42.3 Å². The van der Waals surface area contributed by atoms with Crippen LogP contribution in [-0.4, -0.2) is 114 Å². The van der Waals surface area contributed by atoms with Gasteiger partial charge in [-0.3, -0.25) is 14.5 Å². The molecule has 0 saturated carbocycles. The van der Waals surface area contributed by atoms with Gasteiger partial charge in [0.25, 0.3) is 0 Å². The topological polar surface area (TPSA) is 106 Å². The summed E-state index contributed by atoms with van der Waals surface area (Å²) in [5.74, 6) is -2.54. The molecule has 2 aromatic rings. The zero-order chi connectivity index (χ0) is 34.7. The minimum Gasteiger partial charge on any atom is -0.506 e. The van der Waals surface area contributed by atoms with Crippen LogP contribution < -0.4 is 5.32 Å². The van der Waals surface area contributed by atoms with Crippen LogP contribution >= 0.6 is 11.6 Å². The number of alkyl halides is 3. The van der Waals surface area contributed by atoms with Gasteiger partial charge in [0.15, 0.2) is 0 Å². The number of carbonyl (C=O) groups is 3. The lowest BCUT2D eigenvalue weighted by Crippen LogP contribution is -2.55. The maximum atomic E-state index is 14.0. The van der Waals surface area contributed by atoms with E-state index >= 15 is 0 Å². The summed E-state index contributed by atoms with van der Waals surface area (Å²) in [7, 11) is 0. The lowest BCUT2D eigenvalue weighted by molar-refractivity contribution is -0.143. The Morgan fingerprint density at radius 3 is 2.41 bits per heavy atom. The Bertz CT molecular complexity index is 1520. The molecular weight excluding hydrogens is 663 g/mol. The number of ether oxygens (including phenoxy) is 1. The fourth-order valence-electron chi connectivity index (χ4n) is 7.60. The number of phenolic OH excluding ortho intramolecular Hbond substituents is 1. The van der Waals surface area contributed by atoms with Gasteiger partial charge in [0, 0.05) is 76.6 Å². The second-order valence-electron chi connectivity index (χ2n) is 13.5. The third kappa shape index (κ3) is 8.26. The zero-order valence-corrected chi connectivity index (χ0v) is 28.1. The number of fused-ring (bicyclic) bond motifs is 1. The number of rotatable bonds is 7. The number of para-hydroxylation sites is 1. The molecule has 0 aliphatic carbocycles. The molecule has 0 spiro atoms. The molecule has 3 fully saturated rings. The van der Waals surface area contributed by atoms with Crippen LogP contribution in [0.1, 0.15) is 48.8 Å². The van der Waals surface area contributed by atoms with Crippen molar-refractivity contribution in [2.24, 2.45) is 5.92 Å². The Kier molecular flexibility index (Phi) is 10.9. The lowest BCUT2D eigenvalue weighted by atomic mass is 9.92. The summed E-state index contributed by atoms with van der Waals surface area (Å²) in [4.78, 5) is 48.3. The number of urea groups is 1. The molecule has 0 aromatic heterocycles. The molecule has 10 nitrogen and oxygen atoms in total. The minimum atomic E-state index is -4.85. The molecule has 49 heavy (non-hydrogen) atoms. The Balaban J connectivity index is 1.12. The van der Waals surface area contributed by atoms with Gasteiger partial charge < -0.3 is 29.9 Å². The molecule has 0 radical (unpaired) electrons. The number of halogens is 4. The summed E-state index contributed by atoms with van der Waals surface area (Å²) in [6.45, 7) is 4.93. The molecule has 1 unspecified atom stereocenters. The standard InChI is InChI=1S/C35H43ClF3N5O5/c36-29-20-23(19-28(32(29)46)35(37,38)39)18-25(33(47)43-15-13-41(14-16-43)27-5-3-17-49-22-27)21-31(45)42-10-8-26(9-11-42)44-12-7-24-4-1-2-6-30(24)40-34(44)48/h1-2,4,6,19-20,25-27,46H,3,5,7-18,21-22H2,(H,40,48)/t25-,27?/m0/s1. The van der Waals surface area contributed by atoms with Crippen LogP contribution in [0.2, 0.25) is 5.02 Å². The van der Waals surface area contributed by atoms with Crippen molar-refractivity contribution < 1.29 is 37.4 Å². The number of nitrogens with zero attached hydrogens (tertiary/aromatic N) is 4. The number of hydrogen-bond acceptors (Lipinski definition) is 6. The van der Waals surface area contributed by atoms with Gasteiger partial charge in [-0.15, -0.1) is 0 Å². The molecule has 0 bridgehead atoms. The second-order valence-corrected chi connectivity index (χ2v) is 13.9.